The summed E-state index contributed by atoms with van der Waals surface area (Å²) in [7, 11) is 1.46. The number of nitrogens with zero attached hydrogens (tertiary/aromatic N) is 1. The highest BCUT2D eigenvalue weighted by atomic mass is 16.6. The molecule has 1 unspecified atom stereocenters. The van der Waals surface area contributed by atoms with Crippen molar-refractivity contribution in [1.29, 1.82) is 0 Å². The molecule has 2 aromatic rings. The number of carboxylic acid groups (broad SMARTS) is 1. The van der Waals surface area contributed by atoms with Crippen molar-refractivity contribution < 1.29 is 29.0 Å². The molecule has 0 saturated heterocycles. The molecule has 1 aliphatic rings. The number of benzene rings is 2. The van der Waals surface area contributed by atoms with Crippen LogP contribution in [0.25, 0.3) is 11.1 Å². The van der Waals surface area contributed by atoms with Crippen molar-refractivity contribution in [3.63, 3.8) is 0 Å². The number of likely N-dealkylation sites (N-methyl/N-ethyl adjacent to an activating group) is 1. The lowest BCUT2D eigenvalue weighted by molar-refractivity contribution is -0.148. The Morgan fingerprint density at radius 2 is 1.66 bits per heavy atom. The van der Waals surface area contributed by atoms with Gasteiger partial charge in [-0.15, -0.1) is 0 Å². The van der Waals surface area contributed by atoms with Gasteiger partial charge in [-0.3, -0.25) is 9.69 Å². The highest BCUT2D eigenvalue weighted by molar-refractivity contribution is 5.82. The Hall–Kier alpha value is -3.61. The molecule has 0 fully saturated rings. The Labute approximate surface area is 187 Å². The van der Waals surface area contributed by atoms with Crippen molar-refractivity contribution in [2.45, 2.75) is 31.2 Å². The average molecular weight is 437 g/mol. The number of esters is 1. The van der Waals surface area contributed by atoms with Crippen molar-refractivity contribution in [3.8, 4) is 11.1 Å². The molecule has 0 spiro atoms. The summed E-state index contributed by atoms with van der Waals surface area (Å²) in [5.41, 5.74) is 4.43. The van der Waals surface area contributed by atoms with Crippen LogP contribution in [0.5, 0.6) is 0 Å². The highest BCUT2D eigenvalue weighted by Crippen LogP contribution is 2.44. The van der Waals surface area contributed by atoms with Gasteiger partial charge in [-0.25, -0.2) is 9.59 Å². The number of carboxylic acids is 1. The smallest absolute Gasteiger partial charge is 0.410 e. The van der Waals surface area contributed by atoms with Gasteiger partial charge in [0.25, 0.3) is 0 Å². The first-order valence-electron chi connectivity index (χ1n) is 10.5. The molecule has 0 aromatic heterocycles. The molecule has 1 atom stereocenters. The summed E-state index contributed by atoms with van der Waals surface area (Å²) in [6.07, 6.45) is 1.04. The van der Waals surface area contributed by atoms with Gasteiger partial charge in [-0.2, -0.15) is 0 Å². The van der Waals surface area contributed by atoms with Gasteiger partial charge in [0.15, 0.2) is 0 Å². The lowest BCUT2D eigenvalue weighted by atomic mass is 9.98. The summed E-state index contributed by atoms with van der Waals surface area (Å²) in [5, 5.41) is 8.89. The standard InChI is InChI=1S/C25H27NO6/c1-3-15-31-24(29)22(13-8-14-23(27)28)26(2)25(30)32-16-21-19-11-6-4-9-17(19)18-10-5-7-12-20(18)21/h3-7,9-12,21-22H,1,8,13-16H2,2H3,(H,27,28). The molecule has 1 N–H and O–H groups in total. The molecule has 0 aliphatic heterocycles. The zero-order valence-electron chi connectivity index (χ0n) is 18.0. The van der Waals surface area contributed by atoms with E-state index in [9.17, 15) is 14.4 Å². The number of rotatable bonds is 10. The third kappa shape index (κ3) is 5.17. The van der Waals surface area contributed by atoms with Crippen molar-refractivity contribution >= 4 is 18.0 Å². The van der Waals surface area contributed by atoms with Crippen LogP contribution in [0.3, 0.4) is 0 Å². The molecule has 1 amide bonds. The van der Waals surface area contributed by atoms with E-state index in [0.717, 1.165) is 22.3 Å². The fourth-order valence-electron chi connectivity index (χ4n) is 3.98. The molecule has 0 radical (unpaired) electrons. The van der Waals surface area contributed by atoms with Gasteiger partial charge in [0.2, 0.25) is 0 Å². The molecule has 32 heavy (non-hydrogen) atoms. The van der Waals surface area contributed by atoms with Gasteiger partial charge >= 0.3 is 18.0 Å². The van der Waals surface area contributed by atoms with Gasteiger partial charge in [-0.1, -0.05) is 61.2 Å². The Morgan fingerprint density at radius 3 is 2.22 bits per heavy atom. The van der Waals surface area contributed by atoms with E-state index in [0.29, 0.717) is 0 Å². The van der Waals surface area contributed by atoms with E-state index in [1.165, 1.54) is 18.0 Å². The molecule has 3 rings (SSSR count). The molecule has 1 aliphatic carbocycles. The lowest BCUT2D eigenvalue weighted by Gasteiger charge is -2.26. The van der Waals surface area contributed by atoms with Crippen molar-refractivity contribution in [3.05, 3.63) is 72.3 Å². The number of aliphatic carboxylic acids is 1. The van der Waals surface area contributed by atoms with Crippen molar-refractivity contribution in [2.75, 3.05) is 20.3 Å². The van der Waals surface area contributed by atoms with E-state index < -0.39 is 24.1 Å². The van der Waals surface area contributed by atoms with Crippen LogP contribution >= 0.6 is 0 Å². The van der Waals surface area contributed by atoms with Crippen molar-refractivity contribution in [1.82, 2.24) is 4.90 Å². The lowest BCUT2D eigenvalue weighted by Crippen LogP contribution is -2.44. The van der Waals surface area contributed by atoms with E-state index >= 15 is 0 Å². The average Bonchev–Trinajstić information content (AvgIpc) is 3.12. The highest BCUT2D eigenvalue weighted by Gasteiger charge is 2.32. The minimum Gasteiger partial charge on any atom is -0.481 e. The molecule has 0 heterocycles. The minimum absolute atomic E-state index is 0.00674. The number of fused-ring (bicyclic) bond motifs is 3. The zero-order valence-corrected chi connectivity index (χ0v) is 18.0. The Morgan fingerprint density at radius 1 is 1.06 bits per heavy atom. The molecule has 2 aromatic carbocycles. The summed E-state index contributed by atoms with van der Waals surface area (Å²) < 4.78 is 10.7. The van der Waals surface area contributed by atoms with Gasteiger partial charge in [0.1, 0.15) is 19.3 Å². The zero-order chi connectivity index (χ0) is 23.1. The second-order valence-electron chi connectivity index (χ2n) is 7.64. The number of hydrogen-bond acceptors (Lipinski definition) is 5. The fraction of sp³-hybridized carbons (Fsp3) is 0.320. The molecule has 0 saturated carbocycles. The topological polar surface area (TPSA) is 93.1 Å². The normalized spacial score (nSPS) is 12.9. The monoisotopic (exact) mass is 437 g/mol. The first-order chi connectivity index (χ1) is 15.4. The molecule has 0 bridgehead atoms. The number of ether oxygens (including phenoxy) is 2. The number of carbonyl (C=O) groups is 3. The molecule has 7 nitrogen and oxygen atoms in total. The predicted molar refractivity (Wildman–Crippen MR) is 119 cm³/mol. The molecular formula is C25H27NO6. The SMILES string of the molecule is C=CCOC(=O)C(CCCC(=O)O)N(C)C(=O)OCC1c2ccccc2-c2ccccc21. The van der Waals surface area contributed by atoms with Crippen LogP contribution in [0.15, 0.2) is 61.2 Å². The first-order valence-corrected chi connectivity index (χ1v) is 10.5. The van der Waals surface area contributed by atoms with Crippen LogP contribution in [0.4, 0.5) is 4.79 Å². The molecular weight excluding hydrogens is 410 g/mol. The van der Waals surface area contributed by atoms with Crippen LogP contribution in [0.1, 0.15) is 36.3 Å². The summed E-state index contributed by atoms with van der Waals surface area (Å²) in [5.74, 6) is -1.68. The summed E-state index contributed by atoms with van der Waals surface area (Å²) in [6, 6.07) is 15.1. The second kappa shape index (κ2) is 10.6. The third-order valence-corrected chi connectivity index (χ3v) is 5.58. The maximum Gasteiger partial charge on any atom is 0.410 e. The summed E-state index contributed by atoms with van der Waals surface area (Å²) >= 11 is 0. The van der Waals surface area contributed by atoms with Gasteiger partial charge < -0.3 is 14.6 Å². The number of hydrogen-bond donors (Lipinski definition) is 1. The van der Waals surface area contributed by atoms with Crippen LogP contribution in [0, 0.1) is 0 Å². The maximum absolute atomic E-state index is 12.8. The maximum atomic E-state index is 12.8. The second-order valence-corrected chi connectivity index (χ2v) is 7.64. The number of carbonyl (C=O) groups excluding carboxylic acids is 2. The Balaban J connectivity index is 1.69. The summed E-state index contributed by atoms with van der Waals surface area (Å²) in [4.78, 5) is 37.3. The van der Waals surface area contributed by atoms with Crippen LogP contribution in [0.2, 0.25) is 0 Å². The van der Waals surface area contributed by atoms with Crippen molar-refractivity contribution in [2.24, 2.45) is 0 Å². The number of amides is 1. The predicted octanol–water partition coefficient (Wildman–Crippen LogP) is 4.22. The van der Waals surface area contributed by atoms with Crippen LogP contribution in [-0.2, 0) is 19.1 Å². The minimum atomic E-state index is -0.966. The fourth-order valence-corrected chi connectivity index (χ4v) is 3.98. The quantitative estimate of drug-likeness (QED) is 0.442. The van der Waals surface area contributed by atoms with Crippen LogP contribution in [-0.4, -0.2) is 54.3 Å². The molecule has 168 valence electrons. The Bertz CT molecular complexity index is 956. The van der Waals surface area contributed by atoms with E-state index in [2.05, 4.69) is 18.7 Å². The van der Waals surface area contributed by atoms with E-state index in [-0.39, 0.29) is 38.4 Å². The van der Waals surface area contributed by atoms with E-state index in [4.69, 9.17) is 14.6 Å². The van der Waals surface area contributed by atoms with Gasteiger partial charge in [0, 0.05) is 19.4 Å². The third-order valence-electron chi connectivity index (χ3n) is 5.58. The van der Waals surface area contributed by atoms with Gasteiger partial charge in [0.05, 0.1) is 0 Å². The van der Waals surface area contributed by atoms with E-state index in [1.54, 1.807) is 0 Å². The van der Waals surface area contributed by atoms with Crippen LogP contribution < -0.4 is 0 Å². The van der Waals surface area contributed by atoms with E-state index in [1.807, 2.05) is 36.4 Å². The largest absolute Gasteiger partial charge is 0.481 e. The summed E-state index contributed by atoms with van der Waals surface area (Å²) in [6.45, 7) is 3.64. The Kier molecular flexibility index (Phi) is 7.65. The van der Waals surface area contributed by atoms with Gasteiger partial charge in [-0.05, 0) is 35.1 Å². The first kappa shape index (κ1) is 23.1. The molecule has 7 heteroatoms.